The Hall–Kier alpha value is -1.38. The summed E-state index contributed by atoms with van der Waals surface area (Å²) in [7, 11) is 0. The van der Waals surface area contributed by atoms with E-state index in [1.165, 1.54) is 0 Å². The van der Waals surface area contributed by atoms with Gasteiger partial charge in [-0.15, -0.1) is 0 Å². The molecule has 0 saturated heterocycles. The van der Waals surface area contributed by atoms with Crippen LogP contribution in [0.25, 0.3) is 0 Å². The number of nitrogens with zero attached hydrogens (tertiary/aromatic N) is 1. The van der Waals surface area contributed by atoms with E-state index in [2.05, 4.69) is 18.8 Å². The number of ether oxygens (including phenoxy) is 1. The van der Waals surface area contributed by atoms with E-state index in [-0.39, 0.29) is 5.97 Å². The molecule has 0 aliphatic rings. The Labute approximate surface area is 103 Å². The van der Waals surface area contributed by atoms with Crippen molar-refractivity contribution in [1.29, 1.82) is 0 Å². The molecular weight excluding hydrogens is 214 g/mol. The molecule has 0 aliphatic heterocycles. The van der Waals surface area contributed by atoms with Crippen LogP contribution in [0.3, 0.4) is 0 Å². The first-order valence-electron chi connectivity index (χ1n) is 6.30. The van der Waals surface area contributed by atoms with Crippen molar-refractivity contribution in [2.45, 2.75) is 47.0 Å². The van der Waals surface area contributed by atoms with Crippen molar-refractivity contribution in [3.05, 3.63) is 28.6 Å². The Morgan fingerprint density at radius 3 is 2.53 bits per heavy atom. The Balaban J connectivity index is 3.17. The molecule has 1 heterocycles. The normalized spacial score (nSPS) is 10.4. The quantitative estimate of drug-likeness (QED) is 0.736. The standard InChI is InChI=1S/C14H21NO2/c1-5-8-13-11(14(16)17-7-3)9-10(4)12(6-2)15-13/h9H,5-8H2,1-4H3. The minimum atomic E-state index is -0.255. The molecule has 0 saturated carbocycles. The van der Waals surface area contributed by atoms with Gasteiger partial charge in [-0.1, -0.05) is 20.3 Å². The molecule has 0 atom stereocenters. The van der Waals surface area contributed by atoms with E-state index in [1.807, 2.05) is 19.9 Å². The lowest BCUT2D eigenvalue weighted by Gasteiger charge is -2.11. The third kappa shape index (κ3) is 3.29. The third-order valence-corrected chi connectivity index (χ3v) is 2.71. The second-order valence-corrected chi connectivity index (χ2v) is 4.07. The van der Waals surface area contributed by atoms with Gasteiger partial charge in [-0.3, -0.25) is 4.98 Å². The fourth-order valence-electron chi connectivity index (χ4n) is 1.87. The van der Waals surface area contributed by atoms with E-state index < -0.39 is 0 Å². The number of hydrogen-bond acceptors (Lipinski definition) is 3. The molecule has 94 valence electrons. The number of hydrogen-bond donors (Lipinski definition) is 0. The lowest BCUT2D eigenvalue weighted by molar-refractivity contribution is 0.0524. The number of pyridine rings is 1. The zero-order valence-corrected chi connectivity index (χ0v) is 11.2. The van der Waals surface area contributed by atoms with Crippen LogP contribution in [0.5, 0.6) is 0 Å². The van der Waals surface area contributed by atoms with Gasteiger partial charge in [0.1, 0.15) is 0 Å². The molecule has 0 amide bonds. The average Bonchev–Trinajstić information content (AvgIpc) is 2.31. The fourth-order valence-corrected chi connectivity index (χ4v) is 1.87. The summed E-state index contributed by atoms with van der Waals surface area (Å²) in [4.78, 5) is 16.4. The van der Waals surface area contributed by atoms with Crippen molar-refractivity contribution >= 4 is 5.97 Å². The molecule has 0 radical (unpaired) electrons. The molecule has 17 heavy (non-hydrogen) atoms. The van der Waals surface area contributed by atoms with Crippen molar-refractivity contribution in [3.63, 3.8) is 0 Å². The summed E-state index contributed by atoms with van der Waals surface area (Å²) in [6.07, 6.45) is 2.69. The van der Waals surface area contributed by atoms with Gasteiger partial charge in [0.2, 0.25) is 0 Å². The molecule has 1 rings (SSSR count). The largest absolute Gasteiger partial charge is 0.462 e. The molecule has 0 bridgehead atoms. The van der Waals surface area contributed by atoms with Crippen LogP contribution < -0.4 is 0 Å². The molecule has 1 aromatic heterocycles. The van der Waals surface area contributed by atoms with E-state index in [1.54, 1.807) is 0 Å². The van der Waals surface area contributed by atoms with Crippen molar-refractivity contribution in [2.24, 2.45) is 0 Å². The van der Waals surface area contributed by atoms with Crippen molar-refractivity contribution in [3.8, 4) is 0 Å². The van der Waals surface area contributed by atoms with E-state index in [0.29, 0.717) is 12.2 Å². The predicted molar refractivity (Wildman–Crippen MR) is 68.3 cm³/mol. The minimum absolute atomic E-state index is 0.255. The van der Waals surface area contributed by atoms with E-state index in [0.717, 1.165) is 36.2 Å². The number of carbonyl (C=O) groups excluding carboxylic acids is 1. The van der Waals surface area contributed by atoms with Gasteiger partial charge in [-0.25, -0.2) is 4.79 Å². The summed E-state index contributed by atoms with van der Waals surface area (Å²) in [5, 5.41) is 0. The highest BCUT2D eigenvalue weighted by Gasteiger charge is 2.15. The Kier molecular flexibility index (Phi) is 5.13. The van der Waals surface area contributed by atoms with Gasteiger partial charge >= 0.3 is 5.97 Å². The minimum Gasteiger partial charge on any atom is -0.462 e. The zero-order valence-electron chi connectivity index (χ0n) is 11.2. The topological polar surface area (TPSA) is 39.2 Å². The molecule has 0 aromatic carbocycles. The van der Waals surface area contributed by atoms with Crippen LogP contribution in [0, 0.1) is 6.92 Å². The maximum absolute atomic E-state index is 11.8. The molecule has 0 spiro atoms. The van der Waals surface area contributed by atoms with Gasteiger partial charge in [-0.05, 0) is 38.3 Å². The molecule has 0 aliphatic carbocycles. The molecule has 0 N–H and O–H groups in total. The highest BCUT2D eigenvalue weighted by atomic mass is 16.5. The van der Waals surface area contributed by atoms with Crippen LogP contribution in [-0.4, -0.2) is 17.6 Å². The summed E-state index contributed by atoms with van der Waals surface area (Å²) in [5.41, 5.74) is 3.63. The van der Waals surface area contributed by atoms with Gasteiger partial charge in [-0.2, -0.15) is 0 Å². The third-order valence-electron chi connectivity index (χ3n) is 2.71. The van der Waals surface area contributed by atoms with E-state index in [9.17, 15) is 4.79 Å². The molecule has 0 unspecified atom stereocenters. The van der Waals surface area contributed by atoms with Crippen LogP contribution >= 0.6 is 0 Å². The smallest absolute Gasteiger partial charge is 0.339 e. The first kappa shape index (κ1) is 13.7. The molecule has 3 heteroatoms. The van der Waals surface area contributed by atoms with Crippen molar-refractivity contribution < 1.29 is 9.53 Å². The molecule has 0 fully saturated rings. The number of aryl methyl sites for hydroxylation is 3. The summed E-state index contributed by atoms with van der Waals surface area (Å²) in [6.45, 7) is 8.37. The van der Waals surface area contributed by atoms with Crippen LogP contribution in [-0.2, 0) is 17.6 Å². The van der Waals surface area contributed by atoms with Gasteiger partial charge in [0.15, 0.2) is 0 Å². The predicted octanol–water partition coefficient (Wildman–Crippen LogP) is 3.08. The number of rotatable bonds is 5. The van der Waals surface area contributed by atoms with Gasteiger partial charge in [0.05, 0.1) is 17.9 Å². The highest BCUT2D eigenvalue weighted by molar-refractivity contribution is 5.90. The monoisotopic (exact) mass is 235 g/mol. The summed E-state index contributed by atoms with van der Waals surface area (Å²) in [5.74, 6) is -0.255. The average molecular weight is 235 g/mol. The lowest BCUT2D eigenvalue weighted by atomic mass is 10.0. The molecular formula is C14H21NO2. The second-order valence-electron chi connectivity index (χ2n) is 4.07. The van der Waals surface area contributed by atoms with Crippen LogP contribution in [0.1, 0.15) is 54.5 Å². The zero-order chi connectivity index (χ0) is 12.8. The first-order valence-corrected chi connectivity index (χ1v) is 6.30. The number of carbonyl (C=O) groups is 1. The fraction of sp³-hybridized carbons (Fsp3) is 0.571. The van der Waals surface area contributed by atoms with Crippen molar-refractivity contribution in [2.75, 3.05) is 6.61 Å². The SMILES string of the molecule is CCCc1nc(CC)c(C)cc1C(=O)OCC. The van der Waals surface area contributed by atoms with Crippen LogP contribution in [0.4, 0.5) is 0 Å². The second kappa shape index (κ2) is 6.38. The Morgan fingerprint density at radius 2 is 2.00 bits per heavy atom. The first-order chi connectivity index (χ1) is 8.13. The summed E-state index contributed by atoms with van der Waals surface area (Å²) < 4.78 is 5.06. The van der Waals surface area contributed by atoms with Crippen molar-refractivity contribution in [1.82, 2.24) is 4.98 Å². The van der Waals surface area contributed by atoms with Gasteiger partial charge in [0, 0.05) is 5.69 Å². The number of esters is 1. The molecule has 3 nitrogen and oxygen atoms in total. The maximum Gasteiger partial charge on any atom is 0.339 e. The Bertz CT molecular complexity index is 399. The summed E-state index contributed by atoms with van der Waals surface area (Å²) in [6, 6.07) is 1.91. The van der Waals surface area contributed by atoms with Gasteiger partial charge in [0.25, 0.3) is 0 Å². The van der Waals surface area contributed by atoms with Gasteiger partial charge < -0.3 is 4.74 Å². The van der Waals surface area contributed by atoms with E-state index in [4.69, 9.17) is 4.74 Å². The Morgan fingerprint density at radius 1 is 1.29 bits per heavy atom. The van der Waals surface area contributed by atoms with Crippen LogP contribution in [0.15, 0.2) is 6.07 Å². The lowest BCUT2D eigenvalue weighted by Crippen LogP contribution is -2.12. The number of aromatic nitrogens is 1. The summed E-state index contributed by atoms with van der Waals surface area (Å²) >= 11 is 0. The molecule has 1 aromatic rings. The van der Waals surface area contributed by atoms with E-state index >= 15 is 0 Å². The van der Waals surface area contributed by atoms with Crippen LogP contribution in [0.2, 0.25) is 0 Å². The maximum atomic E-state index is 11.8. The highest BCUT2D eigenvalue weighted by Crippen LogP contribution is 2.16.